The van der Waals surface area contributed by atoms with Gasteiger partial charge in [-0.05, 0) is 39.2 Å². The molecule has 0 aliphatic heterocycles. The molecule has 136 valence electrons. The number of rotatable bonds is 13. The molecular formula is C20H34O3Si. The maximum absolute atomic E-state index is 6.13. The van der Waals surface area contributed by atoms with Crippen LogP contribution in [-0.4, -0.2) is 28.6 Å². The molecule has 0 unspecified atom stereocenters. The van der Waals surface area contributed by atoms with Gasteiger partial charge in [0.15, 0.2) is 0 Å². The first-order chi connectivity index (χ1) is 11.7. The van der Waals surface area contributed by atoms with E-state index in [9.17, 15) is 0 Å². The third-order valence-electron chi connectivity index (χ3n) is 3.84. The molecule has 0 bridgehead atoms. The zero-order valence-corrected chi connectivity index (χ0v) is 16.8. The standard InChI is InChI=1S/C20H34O3Si/c1-5-9-10-14-17-20(18-19-15-12-11-13-16-19)24(21-6-2,22-7-3)23-8-4/h11-13,15-16,18H,5-10,14,17H2,1-4H3. The summed E-state index contributed by atoms with van der Waals surface area (Å²) in [5.41, 5.74) is 1.18. The molecule has 0 aromatic heterocycles. The fourth-order valence-corrected chi connectivity index (χ4v) is 5.55. The Kier molecular flexibility index (Phi) is 10.9. The number of benzene rings is 1. The van der Waals surface area contributed by atoms with Crippen molar-refractivity contribution in [1.82, 2.24) is 0 Å². The van der Waals surface area contributed by atoms with E-state index >= 15 is 0 Å². The van der Waals surface area contributed by atoms with Crippen LogP contribution in [0.15, 0.2) is 35.5 Å². The van der Waals surface area contributed by atoms with Crippen LogP contribution in [0.4, 0.5) is 0 Å². The summed E-state index contributed by atoms with van der Waals surface area (Å²) in [6, 6.07) is 10.4. The SMILES string of the molecule is CCCCCCC(=Cc1ccccc1)[Si](OCC)(OCC)OCC. The number of allylic oxidation sites excluding steroid dienone is 1. The first-order valence-electron chi connectivity index (χ1n) is 9.40. The van der Waals surface area contributed by atoms with Crippen LogP contribution in [0.2, 0.25) is 0 Å². The van der Waals surface area contributed by atoms with Gasteiger partial charge < -0.3 is 13.3 Å². The summed E-state index contributed by atoms with van der Waals surface area (Å²) >= 11 is 0. The van der Waals surface area contributed by atoms with Gasteiger partial charge >= 0.3 is 8.80 Å². The van der Waals surface area contributed by atoms with Crippen LogP contribution in [0.3, 0.4) is 0 Å². The van der Waals surface area contributed by atoms with Crippen molar-refractivity contribution in [2.24, 2.45) is 0 Å². The largest absolute Gasteiger partial charge is 0.532 e. The van der Waals surface area contributed by atoms with E-state index in [4.69, 9.17) is 13.3 Å². The summed E-state index contributed by atoms with van der Waals surface area (Å²) < 4.78 is 18.4. The summed E-state index contributed by atoms with van der Waals surface area (Å²) in [5, 5.41) is 1.20. The van der Waals surface area contributed by atoms with Crippen LogP contribution in [0.25, 0.3) is 6.08 Å². The normalized spacial score (nSPS) is 12.6. The molecule has 1 rings (SSSR count). The van der Waals surface area contributed by atoms with E-state index in [0.717, 1.165) is 12.8 Å². The molecule has 1 aromatic rings. The Balaban J connectivity index is 3.11. The lowest BCUT2D eigenvalue weighted by Crippen LogP contribution is -2.48. The highest BCUT2D eigenvalue weighted by molar-refractivity contribution is 6.69. The molecule has 0 N–H and O–H groups in total. The zero-order chi connectivity index (χ0) is 17.7. The maximum atomic E-state index is 6.13. The Labute approximate surface area is 149 Å². The Morgan fingerprint density at radius 1 is 0.833 bits per heavy atom. The van der Waals surface area contributed by atoms with Crippen molar-refractivity contribution in [1.29, 1.82) is 0 Å². The second-order valence-corrected chi connectivity index (χ2v) is 8.37. The van der Waals surface area contributed by atoms with Crippen molar-refractivity contribution in [3.05, 3.63) is 41.1 Å². The quantitative estimate of drug-likeness (QED) is 0.341. The average molecular weight is 351 g/mol. The van der Waals surface area contributed by atoms with Crippen LogP contribution in [-0.2, 0) is 13.3 Å². The fourth-order valence-electron chi connectivity index (χ4n) is 2.78. The summed E-state index contributed by atoms with van der Waals surface area (Å²) in [6.07, 6.45) is 8.08. The van der Waals surface area contributed by atoms with Crippen molar-refractivity contribution < 1.29 is 13.3 Å². The second-order valence-electron chi connectivity index (χ2n) is 5.75. The summed E-state index contributed by atoms with van der Waals surface area (Å²) in [6.45, 7) is 10.1. The fraction of sp³-hybridized carbons (Fsp3) is 0.600. The highest BCUT2D eigenvalue weighted by atomic mass is 28.4. The van der Waals surface area contributed by atoms with Gasteiger partial charge in [-0.15, -0.1) is 0 Å². The predicted molar refractivity (Wildman–Crippen MR) is 104 cm³/mol. The molecule has 0 fully saturated rings. The molecule has 1 aromatic carbocycles. The van der Waals surface area contributed by atoms with Gasteiger partial charge in [0.05, 0.1) is 0 Å². The van der Waals surface area contributed by atoms with Crippen LogP contribution < -0.4 is 0 Å². The topological polar surface area (TPSA) is 27.7 Å². The Bertz CT molecular complexity index is 442. The molecular weight excluding hydrogens is 316 g/mol. The van der Waals surface area contributed by atoms with Crippen LogP contribution in [0.1, 0.15) is 65.4 Å². The van der Waals surface area contributed by atoms with Gasteiger partial charge in [0.2, 0.25) is 0 Å². The van der Waals surface area contributed by atoms with Crippen molar-refractivity contribution in [3.63, 3.8) is 0 Å². The van der Waals surface area contributed by atoms with Gasteiger partial charge in [0, 0.05) is 25.0 Å². The van der Waals surface area contributed by atoms with E-state index in [1.807, 2.05) is 26.8 Å². The van der Waals surface area contributed by atoms with Crippen molar-refractivity contribution >= 4 is 14.9 Å². The van der Waals surface area contributed by atoms with Gasteiger partial charge in [0.1, 0.15) is 0 Å². The molecule has 0 heterocycles. The molecule has 0 radical (unpaired) electrons. The van der Waals surface area contributed by atoms with E-state index in [1.54, 1.807) is 0 Å². The lowest BCUT2D eigenvalue weighted by atomic mass is 10.1. The van der Waals surface area contributed by atoms with Gasteiger partial charge in [-0.25, -0.2) is 0 Å². The van der Waals surface area contributed by atoms with Crippen molar-refractivity contribution in [2.45, 2.75) is 59.8 Å². The molecule has 4 heteroatoms. The van der Waals surface area contributed by atoms with E-state index < -0.39 is 8.80 Å². The molecule has 0 spiro atoms. The highest BCUT2D eigenvalue weighted by Crippen LogP contribution is 2.27. The number of hydrogen-bond donors (Lipinski definition) is 0. The van der Waals surface area contributed by atoms with Crippen LogP contribution in [0, 0.1) is 0 Å². The van der Waals surface area contributed by atoms with Crippen molar-refractivity contribution in [2.75, 3.05) is 19.8 Å². The average Bonchev–Trinajstić information content (AvgIpc) is 2.59. The molecule has 0 saturated carbocycles. The monoisotopic (exact) mass is 350 g/mol. The lowest BCUT2D eigenvalue weighted by Gasteiger charge is -2.31. The van der Waals surface area contributed by atoms with E-state index in [1.165, 1.54) is 30.0 Å². The molecule has 24 heavy (non-hydrogen) atoms. The molecule has 0 atom stereocenters. The Morgan fingerprint density at radius 3 is 1.92 bits per heavy atom. The Hall–Kier alpha value is -0.943. The molecule has 0 saturated heterocycles. The van der Waals surface area contributed by atoms with Crippen LogP contribution >= 0.6 is 0 Å². The van der Waals surface area contributed by atoms with Gasteiger partial charge in [-0.3, -0.25) is 0 Å². The molecule has 0 amide bonds. The third-order valence-corrected chi connectivity index (χ3v) is 7.02. The minimum atomic E-state index is -2.81. The highest BCUT2D eigenvalue weighted by Gasteiger charge is 2.44. The predicted octanol–water partition coefficient (Wildman–Crippen LogP) is 5.63. The first-order valence-corrected chi connectivity index (χ1v) is 11.1. The van der Waals surface area contributed by atoms with Crippen LogP contribution in [0.5, 0.6) is 0 Å². The zero-order valence-electron chi connectivity index (χ0n) is 15.8. The molecule has 0 aliphatic carbocycles. The second kappa shape index (κ2) is 12.4. The summed E-state index contributed by atoms with van der Waals surface area (Å²) in [5.74, 6) is 0. The summed E-state index contributed by atoms with van der Waals surface area (Å²) in [7, 11) is -2.81. The molecule has 3 nitrogen and oxygen atoms in total. The Morgan fingerprint density at radius 2 is 1.42 bits per heavy atom. The summed E-state index contributed by atoms with van der Waals surface area (Å²) in [4.78, 5) is 0. The lowest BCUT2D eigenvalue weighted by molar-refractivity contribution is 0.0800. The number of hydrogen-bond acceptors (Lipinski definition) is 3. The minimum Gasteiger partial charge on any atom is -0.370 e. The van der Waals surface area contributed by atoms with E-state index in [0.29, 0.717) is 19.8 Å². The van der Waals surface area contributed by atoms with Gasteiger partial charge in [-0.2, -0.15) is 0 Å². The smallest absolute Gasteiger partial charge is 0.370 e. The minimum absolute atomic E-state index is 0.604. The molecule has 0 aliphatic rings. The van der Waals surface area contributed by atoms with Gasteiger partial charge in [-0.1, -0.05) is 62.6 Å². The van der Waals surface area contributed by atoms with Crippen molar-refractivity contribution in [3.8, 4) is 0 Å². The van der Waals surface area contributed by atoms with Gasteiger partial charge in [0.25, 0.3) is 0 Å². The van der Waals surface area contributed by atoms with E-state index in [2.05, 4.69) is 37.3 Å². The third kappa shape index (κ3) is 6.89. The maximum Gasteiger partial charge on any atom is 0.532 e. The van der Waals surface area contributed by atoms with E-state index in [-0.39, 0.29) is 0 Å². The number of unbranched alkanes of at least 4 members (excludes halogenated alkanes) is 3. The first kappa shape index (κ1) is 21.1.